The van der Waals surface area contributed by atoms with Crippen LogP contribution >= 0.6 is 11.8 Å². The molecule has 1 fully saturated rings. The van der Waals surface area contributed by atoms with Crippen LogP contribution in [0.1, 0.15) is 20.3 Å². The fourth-order valence-electron chi connectivity index (χ4n) is 1.50. The van der Waals surface area contributed by atoms with Crippen LogP contribution in [0.3, 0.4) is 0 Å². The van der Waals surface area contributed by atoms with E-state index < -0.39 is 6.23 Å². The molecule has 1 aliphatic rings. The minimum Gasteiger partial charge on any atom is -0.358 e. The number of rotatable bonds is 4. The molecule has 14 heavy (non-hydrogen) atoms. The molecule has 0 aromatic rings. The molecule has 4 nitrogen and oxygen atoms in total. The molecule has 2 unspecified atom stereocenters. The Hall–Kier alpha value is -0.550. The van der Waals surface area contributed by atoms with Gasteiger partial charge < -0.3 is 4.74 Å². The van der Waals surface area contributed by atoms with Gasteiger partial charge in [-0.05, 0) is 20.1 Å². The molecule has 1 saturated heterocycles. The van der Waals surface area contributed by atoms with Crippen molar-refractivity contribution in [2.24, 2.45) is 0 Å². The fourth-order valence-corrected chi connectivity index (χ4v) is 2.13. The Kier molecular flexibility index (Phi) is 3.95. The summed E-state index contributed by atoms with van der Waals surface area (Å²) in [6.45, 7) is 4.07. The predicted octanol–water partition coefficient (Wildman–Crippen LogP) is 0.859. The number of carbonyl (C=O) groups excluding carboxylic acids is 2. The Morgan fingerprint density at radius 1 is 1.64 bits per heavy atom. The molecule has 0 radical (unpaired) electrons. The lowest BCUT2D eigenvalue weighted by Crippen LogP contribution is -2.40. The summed E-state index contributed by atoms with van der Waals surface area (Å²) in [5, 5.41) is -0.217. The molecule has 0 bridgehead atoms. The minimum atomic E-state index is -0.433. The van der Waals surface area contributed by atoms with Crippen LogP contribution in [-0.4, -0.2) is 41.1 Å². The van der Waals surface area contributed by atoms with E-state index in [0.29, 0.717) is 13.0 Å². The maximum absolute atomic E-state index is 11.7. The Morgan fingerprint density at radius 2 is 2.29 bits per heavy atom. The highest BCUT2D eigenvalue weighted by Crippen LogP contribution is 2.24. The molecule has 2 amide bonds. The van der Waals surface area contributed by atoms with E-state index in [9.17, 15) is 9.59 Å². The smallest absolute Gasteiger partial charge is 0.244 e. The number of thioether (sulfide) groups is 1. The summed E-state index contributed by atoms with van der Waals surface area (Å²) in [4.78, 5) is 24.4. The Balaban J connectivity index is 2.69. The van der Waals surface area contributed by atoms with E-state index in [1.54, 1.807) is 6.92 Å². The third kappa shape index (κ3) is 2.09. The number of likely N-dealkylation sites (tertiary alicyclic amines) is 1. The van der Waals surface area contributed by atoms with Gasteiger partial charge in [0.1, 0.15) is 6.23 Å². The summed E-state index contributed by atoms with van der Waals surface area (Å²) in [6, 6.07) is 0. The molecule has 0 aromatic heterocycles. The molecule has 2 atom stereocenters. The number of hydrogen-bond donors (Lipinski definition) is 0. The molecular weight excluding hydrogens is 202 g/mol. The van der Waals surface area contributed by atoms with Crippen molar-refractivity contribution in [3.05, 3.63) is 0 Å². The predicted molar refractivity (Wildman–Crippen MR) is 54.9 cm³/mol. The van der Waals surface area contributed by atoms with E-state index in [4.69, 9.17) is 4.74 Å². The van der Waals surface area contributed by atoms with Crippen LogP contribution in [0.5, 0.6) is 0 Å². The van der Waals surface area contributed by atoms with E-state index in [-0.39, 0.29) is 17.1 Å². The summed E-state index contributed by atoms with van der Waals surface area (Å²) < 4.78 is 5.23. The van der Waals surface area contributed by atoms with Crippen LogP contribution in [0.15, 0.2) is 0 Å². The number of carbonyl (C=O) groups is 2. The average Bonchev–Trinajstić information content (AvgIpc) is 2.41. The monoisotopic (exact) mass is 217 g/mol. The third-order valence-electron chi connectivity index (χ3n) is 2.20. The van der Waals surface area contributed by atoms with Gasteiger partial charge in [-0.1, -0.05) is 0 Å². The van der Waals surface area contributed by atoms with Gasteiger partial charge in [0.2, 0.25) is 11.8 Å². The van der Waals surface area contributed by atoms with Gasteiger partial charge in [0.25, 0.3) is 0 Å². The number of ether oxygens (including phenoxy) is 1. The molecule has 0 aliphatic carbocycles. The van der Waals surface area contributed by atoms with Gasteiger partial charge in [-0.2, -0.15) is 11.8 Å². The maximum atomic E-state index is 11.7. The first-order valence-corrected chi connectivity index (χ1v) is 5.90. The highest BCUT2D eigenvalue weighted by Gasteiger charge is 2.40. The first-order chi connectivity index (χ1) is 6.61. The normalized spacial score (nSPS) is 24.5. The van der Waals surface area contributed by atoms with Crippen LogP contribution in [-0.2, 0) is 14.3 Å². The first-order valence-electron chi connectivity index (χ1n) is 4.62. The molecule has 80 valence electrons. The third-order valence-corrected chi connectivity index (χ3v) is 3.13. The van der Waals surface area contributed by atoms with Crippen molar-refractivity contribution in [1.82, 2.24) is 4.90 Å². The molecule has 1 heterocycles. The van der Waals surface area contributed by atoms with Gasteiger partial charge in [-0.25, -0.2) is 0 Å². The van der Waals surface area contributed by atoms with Gasteiger partial charge >= 0.3 is 0 Å². The van der Waals surface area contributed by atoms with Crippen LogP contribution in [0.2, 0.25) is 0 Å². The number of imide groups is 1. The van der Waals surface area contributed by atoms with Gasteiger partial charge in [-0.3, -0.25) is 14.5 Å². The fraction of sp³-hybridized carbons (Fsp3) is 0.778. The van der Waals surface area contributed by atoms with Crippen molar-refractivity contribution in [2.45, 2.75) is 31.7 Å². The second-order valence-corrected chi connectivity index (χ2v) is 4.13. The lowest BCUT2D eigenvalue weighted by molar-refractivity contribution is -0.151. The maximum Gasteiger partial charge on any atom is 0.244 e. The lowest BCUT2D eigenvalue weighted by atomic mass is 10.4. The van der Waals surface area contributed by atoms with Gasteiger partial charge in [0, 0.05) is 13.0 Å². The van der Waals surface area contributed by atoms with E-state index in [2.05, 4.69) is 0 Å². The molecule has 1 aliphatic heterocycles. The molecule has 0 N–H and O–H groups in total. The van der Waals surface area contributed by atoms with Gasteiger partial charge in [0.15, 0.2) is 0 Å². The Morgan fingerprint density at radius 3 is 2.71 bits per heavy atom. The summed E-state index contributed by atoms with van der Waals surface area (Å²) in [7, 11) is 0. The molecular formula is C9H15NO3S. The number of hydrogen-bond acceptors (Lipinski definition) is 4. The van der Waals surface area contributed by atoms with E-state index >= 15 is 0 Å². The molecule has 0 saturated carbocycles. The minimum absolute atomic E-state index is 0.122. The molecule has 1 rings (SSSR count). The van der Waals surface area contributed by atoms with Crippen molar-refractivity contribution in [1.29, 1.82) is 0 Å². The van der Waals surface area contributed by atoms with E-state index in [1.165, 1.54) is 16.7 Å². The van der Waals surface area contributed by atoms with Crippen molar-refractivity contribution in [3.63, 3.8) is 0 Å². The quantitative estimate of drug-likeness (QED) is 0.655. The highest BCUT2D eigenvalue weighted by atomic mass is 32.2. The summed E-state index contributed by atoms with van der Waals surface area (Å²) >= 11 is 1.42. The highest BCUT2D eigenvalue weighted by molar-refractivity contribution is 8.00. The van der Waals surface area contributed by atoms with Crippen LogP contribution in [0, 0.1) is 0 Å². The van der Waals surface area contributed by atoms with Crippen molar-refractivity contribution in [2.75, 3.05) is 12.9 Å². The van der Waals surface area contributed by atoms with E-state index in [0.717, 1.165) is 0 Å². The van der Waals surface area contributed by atoms with Crippen molar-refractivity contribution < 1.29 is 14.3 Å². The first kappa shape index (κ1) is 11.5. The number of nitrogens with zero attached hydrogens (tertiary/aromatic N) is 1. The number of amides is 2. The largest absolute Gasteiger partial charge is 0.358 e. The van der Waals surface area contributed by atoms with Crippen molar-refractivity contribution >= 4 is 23.6 Å². The summed E-state index contributed by atoms with van der Waals surface area (Å²) in [5.41, 5.74) is 0. The average molecular weight is 217 g/mol. The Labute approximate surface area is 88.0 Å². The van der Waals surface area contributed by atoms with Crippen LogP contribution in [0.25, 0.3) is 0 Å². The van der Waals surface area contributed by atoms with Gasteiger partial charge in [0.05, 0.1) is 5.25 Å². The zero-order valence-electron chi connectivity index (χ0n) is 8.65. The second kappa shape index (κ2) is 4.79. The van der Waals surface area contributed by atoms with Crippen LogP contribution in [0.4, 0.5) is 0 Å². The van der Waals surface area contributed by atoms with E-state index in [1.807, 2.05) is 13.2 Å². The SMILES string of the molecule is CCOC(C)N1C(=O)CC(SC)C1=O. The van der Waals surface area contributed by atoms with Crippen molar-refractivity contribution in [3.8, 4) is 0 Å². The van der Waals surface area contributed by atoms with Gasteiger partial charge in [-0.15, -0.1) is 0 Å². The second-order valence-electron chi connectivity index (χ2n) is 3.09. The molecule has 0 spiro atoms. The molecule has 5 heteroatoms. The van der Waals surface area contributed by atoms with Crippen LogP contribution < -0.4 is 0 Å². The Bertz CT molecular complexity index is 244. The summed E-state index contributed by atoms with van der Waals surface area (Å²) in [5.74, 6) is -0.251. The zero-order valence-corrected chi connectivity index (χ0v) is 9.47. The zero-order chi connectivity index (χ0) is 10.7. The lowest BCUT2D eigenvalue weighted by Gasteiger charge is -2.22. The molecule has 0 aromatic carbocycles. The summed E-state index contributed by atoms with van der Waals surface area (Å²) in [6.07, 6.45) is 1.71. The standard InChI is InChI=1S/C9H15NO3S/c1-4-13-6(2)10-8(11)5-7(14-3)9(10)12/h6-7H,4-5H2,1-3H3. The topological polar surface area (TPSA) is 46.6 Å².